The lowest BCUT2D eigenvalue weighted by Crippen LogP contribution is -2.17. The van der Waals surface area contributed by atoms with Crippen LogP contribution in [0, 0.1) is 5.92 Å². The molecule has 3 heteroatoms. The fourth-order valence-corrected chi connectivity index (χ4v) is 2.87. The number of carbonyl (C=O) groups is 1. The summed E-state index contributed by atoms with van der Waals surface area (Å²) >= 11 is 0. The fraction of sp³-hybridized carbons (Fsp3) is 0.412. The summed E-state index contributed by atoms with van der Waals surface area (Å²) in [5.41, 5.74) is 3.55. The molecule has 0 radical (unpaired) electrons. The maximum absolute atomic E-state index is 12.4. The van der Waals surface area contributed by atoms with Gasteiger partial charge in [0, 0.05) is 18.2 Å². The van der Waals surface area contributed by atoms with Gasteiger partial charge in [0.1, 0.15) is 5.78 Å². The summed E-state index contributed by atoms with van der Waals surface area (Å²) in [7, 11) is 0. The Balaban J connectivity index is 1.66. The van der Waals surface area contributed by atoms with E-state index in [4.69, 9.17) is 0 Å². The van der Waals surface area contributed by atoms with E-state index >= 15 is 0 Å². The summed E-state index contributed by atoms with van der Waals surface area (Å²) in [5.74, 6) is 0.451. The van der Waals surface area contributed by atoms with Crippen LogP contribution < -0.4 is 0 Å². The average molecular weight is 268 g/mol. The highest BCUT2D eigenvalue weighted by Gasteiger charge is 2.27. The third-order valence-corrected chi connectivity index (χ3v) is 4.05. The molecule has 0 saturated carbocycles. The Morgan fingerprint density at radius 1 is 1.25 bits per heavy atom. The highest BCUT2D eigenvalue weighted by molar-refractivity contribution is 5.84. The first-order valence-electron chi connectivity index (χ1n) is 7.27. The molecule has 0 amide bonds. The van der Waals surface area contributed by atoms with Crippen molar-refractivity contribution >= 4 is 5.78 Å². The highest BCUT2D eigenvalue weighted by Crippen LogP contribution is 2.27. The topological polar surface area (TPSA) is 34.9 Å². The van der Waals surface area contributed by atoms with Crippen LogP contribution in [0.4, 0.5) is 0 Å². The third kappa shape index (κ3) is 2.53. The van der Waals surface area contributed by atoms with Crippen LogP contribution in [-0.4, -0.2) is 15.6 Å². The maximum Gasteiger partial charge on any atom is 0.142 e. The van der Waals surface area contributed by atoms with Gasteiger partial charge in [-0.2, -0.15) is 5.10 Å². The first-order valence-corrected chi connectivity index (χ1v) is 7.27. The fourth-order valence-electron chi connectivity index (χ4n) is 2.87. The molecule has 0 fully saturated rings. The average Bonchev–Trinajstić information content (AvgIpc) is 3.04. The van der Waals surface area contributed by atoms with Gasteiger partial charge in [-0.15, -0.1) is 0 Å². The van der Waals surface area contributed by atoms with E-state index in [1.807, 2.05) is 16.9 Å². The van der Waals surface area contributed by atoms with Crippen molar-refractivity contribution in [2.24, 2.45) is 5.92 Å². The molecular weight excluding hydrogens is 248 g/mol. The number of fused-ring (bicyclic) bond motifs is 1. The van der Waals surface area contributed by atoms with Crippen molar-refractivity contribution in [1.82, 2.24) is 9.78 Å². The van der Waals surface area contributed by atoms with Crippen molar-refractivity contribution in [3.05, 3.63) is 53.3 Å². The van der Waals surface area contributed by atoms with E-state index in [1.54, 1.807) is 0 Å². The molecule has 1 heterocycles. The number of Topliss-reactive ketones (excluding diaryl/α,β-unsaturated/α-hetero) is 1. The third-order valence-electron chi connectivity index (χ3n) is 4.05. The second-order valence-electron chi connectivity index (χ2n) is 5.90. The number of hydrogen-bond donors (Lipinski definition) is 0. The van der Waals surface area contributed by atoms with E-state index in [0.29, 0.717) is 18.2 Å². The van der Waals surface area contributed by atoms with Crippen LogP contribution in [0.15, 0.2) is 36.5 Å². The Morgan fingerprint density at radius 3 is 2.45 bits per heavy atom. The molecule has 0 atom stereocenters. The van der Waals surface area contributed by atoms with Crippen LogP contribution in [0.1, 0.15) is 36.7 Å². The second kappa shape index (κ2) is 5.23. The lowest BCUT2D eigenvalue weighted by molar-refractivity contribution is -0.122. The quantitative estimate of drug-likeness (QED) is 0.854. The van der Waals surface area contributed by atoms with Gasteiger partial charge >= 0.3 is 0 Å². The Kier molecular flexibility index (Phi) is 3.43. The molecule has 20 heavy (non-hydrogen) atoms. The number of ketones is 1. The number of hydrogen-bond acceptors (Lipinski definition) is 2. The molecule has 0 unspecified atom stereocenters. The summed E-state index contributed by atoms with van der Waals surface area (Å²) in [4.78, 5) is 12.4. The van der Waals surface area contributed by atoms with Crippen LogP contribution in [-0.2, 0) is 24.1 Å². The Labute approximate surface area is 119 Å². The molecule has 0 N–H and O–H groups in total. The monoisotopic (exact) mass is 268 g/mol. The number of benzene rings is 1. The molecular formula is C17H20N2O. The molecule has 104 valence electrons. The van der Waals surface area contributed by atoms with E-state index in [9.17, 15) is 4.79 Å². The van der Waals surface area contributed by atoms with Crippen LogP contribution in [0.25, 0.3) is 0 Å². The van der Waals surface area contributed by atoms with Crippen molar-refractivity contribution in [2.45, 2.75) is 39.2 Å². The predicted molar refractivity (Wildman–Crippen MR) is 78.7 cm³/mol. The van der Waals surface area contributed by atoms with Gasteiger partial charge in [0.2, 0.25) is 0 Å². The van der Waals surface area contributed by atoms with Crippen LogP contribution in [0.3, 0.4) is 0 Å². The molecule has 0 aliphatic heterocycles. The standard InChI is InChI=1S/C17H20N2O/c1-12(2)19-8-7-16(18-19)11-17(20)15-9-13-5-3-4-6-14(13)10-15/h3-8,12,15H,9-11H2,1-2H3. The summed E-state index contributed by atoms with van der Waals surface area (Å²) < 4.78 is 1.91. The van der Waals surface area contributed by atoms with Gasteiger partial charge in [-0.05, 0) is 43.9 Å². The Hall–Kier alpha value is -1.90. The Bertz CT molecular complexity index is 602. The van der Waals surface area contributed by atoms with Crippen molar-refractivity contribution in [3.8, 4) is 0 Å². The molecule has 1 aliphatic rings. The van der Waals surface area contributed by atoms with Gasteiger partial charge in [-0.25, -0.2) is 0 Å². The molecule has 3 nitrogen and oxygen atoms in total. The van der Waals surface area contributed by atoms with Crippen LogP contribution in [0.2, 0.25) is 0 Å². The van der Waals surface area contributed by atoms with E-state index in [1.165, 1.54) is 11.1 Å². The number of carbonyl (C=O) groups excluding carboxylic acids is 1. The lowest BCUT2D eigenvalue weighted by atomic mass is 9.97. The van der Waals surface area contributed by atoms with Crippen molar-refractivity contribution in [3.63, 3.8) is 0 Å². The molecule has 0 saturated heterocycles. The van der Waals surface area contributed by atoms with Gasteiger partial charge in [-0.3, -0.25) is 9.48 Å². The molecule has 1 aromatic heterocycles. The van der Waals surface area contributed by atoms with Crippen LogP contribution >= 0.6 is 0 Å². The van der Waals surface area contributed by atoms with Gasteiger partial charge in [0.25, 0.3) is 0 Å². The molecule has 2 aromatic rings. The lowest BCUT2D eigenvalue weighted by Gasteiger charge is -2.07. The second-order valence-corrected chi connectivity index (χ2v) is 5.90. The summed E-state index contributed by atoms with van der Waals surface area (Å²) in [6.07, 6.45) is 4.19. The Morgan fingerprint density at radius 2 is 1.90 bits per heavy atom. The smallest absolute Gasteiger partial charge is 0.142 e. The van der Waals surface area contributed by atoms with Gasteiger partial charge in [0.05, 0.1) is 12.1 Å². The molecule has 0 spiro atoms. The number of rotatable bonds is 4. The highest BCUT2D eigenvalue weighted by atomic mass is 16.1. The minimum absolute atomic E-state index is 0.136. The summed E-state index contributed by atoms with van der Waals surface area (Å²) in [6, 6.07) is 10.7. The number of aromatic nitrogens is 2. The minimum atomic E-state index is 0.136. The normalized spacial score (nSPS) is 14.8. The van der Waals surface area contributed by atoms with Crippen LogP contribution in [0.5, 0.6) is 0 Å². The minimum Gasteiger partial charge on any atom is -0.299 e. The first kappa shape index (κ1) is 13.1. The van der Waals surface area contributed by atoms with Gasteiger partial charge in [-0.1, -0.05) is 24.3 Å². The van der Waals surface area contributed by atoms with Crippen molar-refractivity contribution in [2.75, 3.05) is 0 Å². The largest absolute Gasteiger partial charge is 0.299 e. The summed E-state index contributed by atoms with van der Waals surface area (Å²) in [5, 5.41) is 4.47. The van der Waals surface area contributed by atoms with E-state index < -0.39 is 0 Å². The molecule has 1 aromatic carbocycles. The predicted octanol–water partition coefficient (Wildman–Crippen LogP) is 2.99. The molecule has 0 bridgehead atoms. The molecule has 3 rings (SSSR count). The molecule has 1 aliphatic carbocycles. The first-order chi connectivity index (χ1) is 9.63. The van der Waals surface area contributed by atoms with Gasteiger partial charge < -0.3 is 0 Å². The van der Waals surface area contributed by atoms with E-state index in [0.717, 1.165) is 18.5 Å². The van der Waals surface area contributed by atoms with Gasteiger partial charge in [0.15, 0.2) is 0 Å². The number of nitrogens with zero attached hydrogens (tertiary/aromatic N) is 2. The zero-order valence-corrected chi connectivity index (χ0v) is 12.0. The van der Waals surface area contributed by atoms with E-state index in [-0.39, 0.29) is 5.92 Å². The van der Waals surface area contributed by atoms with Crippen molar-refractivity contribution in [1.29, 1.82) is 0 Å². The van der Waals surface area contributed by atoms with Crippen molar-refractivity contribution < 1.29 is 4.79 Å². The zero-order chi connectivity index (χ0) is 14.1. The summed E-state index contributed by atoms with van der Waals surface area (Å²) in [6.45, 7) is 4.18. The zero-order valence-electron chi connectivity index (χ0n) is 12.0. The van der Waals surface area contributed by atoms with E-state index in [2.05, 4.69) is 43.2 Å². The SMILES string of the molecule is CC(C)n1ccc(CC(=O)C2Cc3ccccc3C2)n1. The maximum atomic E-state index is 12.4.